The van der Waals surface area contributed by atoms with E-state index in [1.54, 1.807) is 6.07 Å². The number of benzene rings is 1. The highest BCUT2D eigenvalue weighted by molar-refractivity contribution is 6.39. The van der Waals surface area contributed by atoms with Crippen molar-refractivity contribution in [2.75, 3.05) is 0 Å². The summed E-state index contributed by atoms with van der Waals surface area (Å²) in [6.07, 6.45) is -1.03. The van der Waals surface area contributed by atoms with Crippen molar-refractivity contribution < 1.29 is 14.3 Å². The van der Waals surface area contributed by atoms with Crippen LogP contribution in [0.3, 0.4) is 0 Å². The average Bonchev–Trinajstić information content (AvgIpc) is 2.16. The lowest BCUT2D eigenvalue weighted by Crippen LogP contribution is -2.30. The lowest BCUT2D eigenvalue weighted by molar-refractivity contribution is -0.125. The van der Waals surface area contributed by atoms with E-state index in [1.807, 2.05) is 0 Å². The Bertz CT molecular complexity index is 414. The normalized spacial score (nSPS) is 11.9. The van der Waals surface area contributed by atoms with Gasteiger partial charge in [-0.15, -0.1) is 0 Å². The second-order valence-corrected chi connectivity index (χ2v) is 3.86. The van der Waals surface area contributed by atoms with Crippen molar-refractivity contribution in [2.24, 2.45) is 5.73 Å². The van der Waals surface area contributed by atoms with Crippen LogP contribution in [0.15, 0.2) is 18.2 Å². The number of halogens is 2. The van der Waals surface area contributed by atoms with Gasteiger partial charge >= 0.3 is 5.97 Å². The first kappa shape index (κ1) is 12.8. The molecule has 1 atom stereocenters. The summed E-state index contributed by atoms with van der Waals surface area (Å²) in [5, 5.41) is 0.323. The second-order valence-electron chi connectivity index (χ2n) is 3.05. The summed E-state index contributed by atoms with van der Waals surface area (Å²) in [6.45, 7) is 1.37. The molecule has 0 aliphatic rings. The maximum atomic E-state index is 11.6. The minimum atomic E-state index is -1.03. The van der Waals surface area contributed by atoms with Crippen molar-refractivity contribution in [3.63, 3.8) is 0 Å². The summed E-state index contributed by atoms with van der Waals surface area (Å²) in [6, 6.07) is 4.59. The van der Waals surface area contributed by atoms with E-state index >= 15 is 0 Å². The Morgan fingerprint density at radius 2 is 1.81 bits per heavy atom. The Kier molecular flexibility index (Phi) is 4.15. The van der Waals surface area contributed by atoms with Gasteiger partial charge in [0.15, 0.2) is 6.10 Å². The monoisotopic (exact) mass is 261 g/mol. The van der Waals surface area contributed by atoms with E-state index in [4.69, 9.17) is 33.7 Å². The van der Waals surface area contributed by atoms with E-state index in [9.17, 15) is 9.59 Å². The van der Waals surface area contributed by atoms with E-state index in [0.29, 0.717) is 0 Å². The van der Waals surface area contributed by atoms with Gasteiger partial charge in [0.05, 0.1) is 15.6 Å². The molecule has 0 saturated heterocycles. The predicted molar refractivity (Wildman–Crippen MR) is 60.5 cm³/mol. The van der Waals surface area contributed by atoms with E-state index in [0.717, 1.165) is 0 Å². The summed E-state index contributed by atoms with van der Waals surface area (Å²) in [7, 11) is 0. The van der Waals surface area contributed by atoms with E-state index in [1.165, 1.54) is 19.1 Å². The molecule has 0 aliphatic carbocycles. The zero-order valence-corrected chi connectivity index (χ0v) is 9.88. The van der Waals surface area contributed by atoms with Crippen molar-refractivity contribution in [3.8, 4) is 0 Å². The standard InChI is InChI=1S/C10H9Cl2NO3/c1-5(9(13)14)16-10(15)8-6(11)3-2-4-7(8)12/h2-5H,1H3,(H2,13,14). The van der Waals surface area contributed by atoms with Crippen molar-refractivity contribution >= 4 is 35.1 Å². The fraction of sp³-hybridized carbons (Fsp3) is 0.200. The van der Waals surface area contributed by atoms with Gasteiger partial charge in [-0.3, -0.25) is 4.79 Å². The van der Waals surface area contributed by atoms with Gasteiger partial charge in [0.25, 0.3) is 5.91 Å². The number of hydrogen-bond acceptors (Lipinski definition) is 3. The van der Waals surface area contributed by atoms with Crippen LogP contribution in [0.4, 0.5) is 0 Å². The van der Waals surface area contributed by atoms with Gasteiger partial charge in [-0.1, -0.05) is 29.3 Å². The molecule has 0 radical (unpaired) electrons. The quantitative estimate of drug-likeness (QED) is 0.847. The molecule has 2 N–H and O–H groups in total. The molecule has 1 unspecified atom stereocenters. The highest BCUT2D eigenvalue weighted by Gasteiger charge is 2.20. The van der Waals surface area contributed by atoms with Crippen LogP contribution in [0.1, 0.15) is 17.3 Å². The number of esters is 1. The number of amides is 1. The summed E-state index contributed by atoms with van der Waals surface area (Å²) >= 11 is 11.6. The molecule has 1 amide bonds. The fourth-order valence-electron chi connectivity index (χ4n) is 0.970. The molecular formula is C10H9Cl2NO3. The van der Waals surface area contributed by atoms with Crippen molar-refractivity contribution in [3.05, 3.63) is 33.8 Å². The Labute approximate surface area is 102 Å². The molecule has 0 aromatic heterocycles. The third-order valence-electron chi connectivity index (χ3n) is 1.85. The third kappa shape index (κ3) is 2.87. The molecule has 0 fully saturated rings. The number of rotatable bonds is 3. The number of primary amides is 1. The minimum absolute atomic E-state index is 0.0268. The van der Waals surface area contributed by atoms with Gasteiger partial charge in [0, 0.05) is 0 Å². The highest BCUT2D eigenvalue weighted by Crippen LogP contribution is 2.25. The zero-order valence-electron chi connectivity index (χ0n) is 8.37. The predicted octanol–water partition coefficient (Wildman–Crippen LogP) is 2.02. The van der Waals surface area contributed by atoms with Gasteiger partial charge in [-0.05, 0) is 19.1 Å². The molecule has 0 heterocycles. The SMILES string of the molecule is CC(OC(=O)c1c(Cl)cccc1Cl)C(N)=O. The van der Waals surface area contributed by atoms with E-state index in [2.05, 4.69) is 0 Å². The first-order valence-corrected chi connectivity index (χ1v) is 5.13. The summed E-state index contributed by atoms with van der Waals surface area (Å²) in [5.41, 5.74) is 4.98. The van der Waals surface area contributed by atoms with Gasteiger partial charge in [-0.25, -0.2) is 4.79 Å². The van der Waals surface area contributed by atoms with Gasteiger partial charge in [0.1, 0.15) is 0 Å². The maximum Gasteiger partial charge on any atom is 0.341 e. The largest absolute Gasteiger partial charge is 0.449 e. The minimum Gasteiger partial charge on any atom is -0.449 e. The Balaban J connectivity index is 2.93. The number of nitrogens with two attached hydrogens (primary N) is 1. The van der Waals surface area contributed by atoms with E-state index < -0.39 is 18.0 Å². The molecule has 0 aliphatic heterocycles. The van der Waals surface area contributed by atoms with Crippen molar-refractivity contribution in [1.29, 1.82) is 0 Å². The van der Waals surface area contributed by atoms with Crippen LogP contribution in [0.5, 0.6) is 0 Å². The van der Waals surface area contributed by atoms with Crippen molar-refractivity contribution in [1.82, 2.24) is 0 Å². The smallest absolute Gasteiger partial charge is 0.341 e. The Morgan fingerprint density at radius 1 is 1.31 bits per heavy atom. The molecule has 0 bridgehead atoms. The lowest BCUT2D eigenvalue weighted by atomic mass is 10.2. The van der Waals surface area contributed by atoms with Crippen LogP contribution in [-0.4, -0.2) is 18.0 Å². The molecule has 0 spiro atoms. The second kappa shape index (κ2) is 5.18. The Hall–Kier alpha value is -1.26. The lowest BCUT2D eigenvalue weighted by Gasteiger charge is -2.11. The number of hydrogen-bond donors (Lipinski definition) is 1. The molecule has 1 aromatic rings. The van der Waals surface area contributed by atoms with Gasteiger partial charge in [-0.2, -0.15) is 0 Å². The number of carbonyl (C=O) groups is 2. The van der Waals surface area contributed by atoms with Crippen LogP contribution in [-0.2, 0) is 9.53 Å². The molecule has 4 nitrogen and oxygen atoms in total. The molecule has 86 valence electrons. The molecule has 1 aromatic carbocycles. The molecule has 0 saturated carbocycles. The molecule has 6 heteroatoms. The van der Waals surface area contributed by atoms with Crippen LogP contribution in [0, 0.1) is 0 Å². The summed E-state index contributed by atoms with van der Waals surface area (Å²) in [5.74, 6) is -1.52. The number of carbonyl (C=O) groups excluding carboxylic acids is 2. The summed E-state index contributed by atoms with van der Waals surface area (Å²) in [4.78, 5) is 22.3. The fourth-order valence-corrected chi connectivity index (χ4v) is 1.52. The molecular weight excluding hydrogens is 253 g/mol. The Morgan fingerprint density at radius 3 is 2.25 bits per heavy atom. The van der Waals surface area contributed by atoms with Gasteiger partial charge < -0.3 is 10.5 Å². The van der Waals surface area contributed by atoms with Crippen LogP contribution in [0.25, 0.3) is 0 Å². The third-order valence-corrected chi connectivity index (χ3v) is 2.48. The van der Waals surface area contributed by atoms with E-state index in [-0.39, 0.29) is 15.6 Å². The first-order chi connectivity index (χ1) is 7.43. The number of ether oxygens (including phenoxy) is 1. The van der Waals surface area contributed by atoms with Crippen LogP contribution < -0.4 is 5.73 Å². The van der Waals surface area contributed by atoms with Crippen molar-refractivity contribution in [2.45, 2.75) is 13.0 Å². The molecule has 16 heavy (non-hydrogen) atoms. The maximum absolute atomic E-state index is 11.6. The average molecular weight is 262 g/mol. The molecule has 1 rings (SSSR count). The van der Waals surface area contributed by atoms with Crippen LogP contribution >= 0.6 is 23.2 Å². The zero-order chi connectivity index (χ0) is 12.3. The van der Waals surface area contributed by atoms with Gasteiger partial charge in [0.2, 0.25) is 0 Å². The summed E-state index contributed by atoms with van der Waals surface area (Å²) < 4.78 is 4.78. The first-order valence-electron chi connectivity index (χ1n) is 4.37. The van der Waals surface area contributed by atoms with Crippen LogP contribution in [0.2, 0.25) is 10.0 Å². The highest BCUT2D eigenvalue weighted by atomic mass is 35.5. The topological polar surface area (TPSA) is 69.4 Å².